The molecule has 0 radical (unpaired) electrons. The first kappa shape index (κ1) is 7.95. The predicted octanol–water partition coefficient (Wildman–Crippen LogP) is 1.04. The van der Waals surface area contributed by atoms with Crippen molar-refractivity contribution in [3.63, 3.8) is 0 Å². The van der Waals surface area contributed by atoms with Crippen molar-refractivity contribution in [1.82, 2.24) is 0 Å². The zero-order valence-electron chi connectivity index (χ0n) is 7.46. The molecule has 0 bridgehead atoms. The number of ether oxygens (including phenoxy) is 2. The number of rotatable bonds is 0. The van der Waals surface area contributed by atoms with Crippen molar-refractivity contribution in [2.75, 3.05) is 0 Å². The van der Waals surface area contributed by atoms with Gasteiger partial charge >= 0.3 is 0 Å². The quantitative estimate of drug-likeness (QED) is 0.542. The average Bonchev–Trinajstić information content (AvgIpc) is 2.34. The second kappa shape index (κ2) is 2.18. The van der Waals surface area contributed by atoms with E-state index in [1.807, 2.05) is 20.8 Å². The average molecular weight is 168 g/mol. The summed E-state index contributed by atoms with van der Waals surface area (Å²) in [4.78, 5) is 11.3. The number of hydrogen-bond donors (Lipinski definition) is 0. The molecular weight excluding hydrogens is 156 g/mol. The third-order valence-corrected chi connectivity index (χ3v) is 2.20. The Bertz CT molecular complexity index is 265. The molecule has 66 valence electrons. The van der Waals surface area contributed by atoms with Crippen LogP contribution >= 0.6 is 0 Å². The Morgan fingerprint density at radius 3 is 2.50 bits per heavy atom. The maximum atomic E-state index is 11.3. The van der Waals surface area contributed by atoms with Crippen LogP contribution in [0.2, 0.25) is 0 Å². The second-order valence-electron chi connectivity index (χ2n) is 3.77. The molecule has 2 rings (SSSR count). The molecule has 1 unspecified atom stereocenters. The normalized spacial score (nSPS) is 38.2. The van der Waals surface area contributed by atoms with E-state index in [-0.39, 0.29) is 18.0 Å². The van der Waals surface area contributed by atoms with E-state index in [1.165, 1.54) is 0 Å². The zero-order chi connectivity index (χ0) is 8.93. The van der Waals surface area contributed by atoms with Gasteiger partial charge in [-0.05, 0) is 32.4 Å². The van der Waals surface area contributed by atoms with E-state index in [4.69, 9.17) is 9.47 Å². The number of ketones is 1. The van der Waals surface area contributed by atoms with Crippen LogP contribution < -0.4 is 0 Å². The van der Waals surface area contributed by atoms with Gasteiger partial charge in [-0.3, -0.25) is 4.79 Å². The lowest BCUT2D eigenvalue weighted by Gasteiger charge is -2.17. The Hall–Kier alpha value is -0.670. The fraction of sp³-hybridized carbons (Fsp3) is 0.667. The van der Waals surface area contributed by atoms with Crippen LogP contribution in [0.1, 0.15) is 20.8 Å². The van der Waals surface area contributed by atoms with Gasteiger partial charge in [0.25, 0.3) is 0 Å². The topological polar surface area (TPSA) is 35.5 Å². The van der Waals surface area contributed by atoms with Gasteiger partial charge in [0.1, 0.15) is 6.10 Å². The molecular formula is C9H12O3. The molecule has 3 heteroatoms. The van der Waals surface area contributed by atoms with E-state index in [2.05, 4.69) is 0 Å². The Labute approximate surface area is 71.3 Å². The number of fused-ring (bicyclic) bond motifs is 1. The van der Waals surface area contributed by atoms with Crippen LogP contribution in [0.25, 0.3) is 0 Å². The summed E-state index contributed by atoms with van der Waals surface area (Å²) in [5.41, 5.74) is 0.968. The molecule has 1 fully saturated rings. The van der Waals surface area contributed by atoms with Gasteiger partial charge in [0.05, 0.1) is 0 Å². The lowest BCUT2D eigenvalue weighted by Crippen LogP contribution is -2.25. The monoisotopic (exact) mass is 168 g/mol. The van der Waals surface area contributed by atoms with Crippen molar-refractivity contribution in [1.29, 1.82) is 0 Å². The first-order valence-corrected chi connectivity index (χ1v) is 4.07. The molecule has 0 spiro atoms. The van der Waals surface area contributed by atoms with Crippen LogP contribution in [0.3, 0.4) is 0 Å². The van der Waals surface area contributed by atoms with Crippen LogP contribution in [0.4, 0.5) is 0 Å². The molecule has 0 aromatic heterocycles. The zero-order valence-corrected chi connectivity index (χ0v) is 7.46. The van der Waals surface area contributed by atoms with E-state index in [0.717, 1.165) is 5.57 Å². The molecule has 12 heavy (non-hydrogen) atoms. The van der Waals surface area contributed by atoms with Gasteiger partial charge in [0.2, 0.25) is 0 Å². The van der Waals surface area contributed by atoms with Crippen LogP contribution in [-0.2, 0) is 14.3 Å². The number of hydrogen-bond acceptors (Lipinski definition) is 3. The van der Waals surface area contributed by atoms with Crippen LogP contribution in [0.5, 0.6) is 0 Å². The van der Waals surface area contributed by atoms with Crippen molar-refractivity contribution in [2.24, 2.45) is 0 Å². The SMILES string of the molecule is CC1=CC(=O)C2OC(C)(C)O[C@H]12. The van der Waals surface area contributed by atoms with Gasteiger partial charge in [-0.1, -0.05) is 0 Å². The first-order valence-electron chi connectivity index (χ1n) is 4.07. The highest BCUT2D eigenvalue weighted by atomic mass is 16.8. The standard InChI is InChI=1S/C9H12O3/c1-5-4-6(10)8-7(5)11-9(2,3)12-8/h4,7-8H,1-3H3/t7-,8?/m1/s1. The summed E-state index contributed by atoms with van der Waals surface area (Å²) in [6.07, 6.45) is 1.07. The van der Waals surface area contributed by atoms with Crippen LogP contribution in [-0.4, -0.2) is 23.8 Å². The van der Waals surface area contributed by atoms with E-state index in [1.54, 1.807) is 6.08 Å². The number of carbonyl (C=O) groups is 1. The Kier molecular flexibility index (Phi) is 1.44. The van der Waals surface area contributed by atoms with E-state index in [0.29, 0.717) is 0 Å². The van der Waals surface area contributed by atoms with Gasteiger partial charge in [0, 0.05) is 0 Å². The Morgan fingerprint density at radius 2 is 1.92 bits per heavy atom. The van der Waals surface area contributed by atoms with Crippen LogP contribution in [0.15, 0.2) is 11.6 Å². The second-order valence-corrected chi connectivity index (χ2v) is 3.77. The summed E-state index contributed by atoms with van der Waals surface area (Å²) in [5, 5.41) is 0. The van der Waals surface area contributed by atoms with Crippen molar-refractivity contribution in [3.8, 4) is 0 Å². The lowest BCUT2D eigenvalue weighted by molar-refractivity contribution is -0.152. The highest BCUT2D eigenvalue weighted by Crippen LogP contribution is 2.35. The first-order chi connectivity index (χ1) is 5.49. The summed E-state index contributed by atoms with van der Waals surface area (Å²) in [6.45, 7) is 5.55. The summed E-state index contributed by atoms with van der Waals surface area (Å²) >= 11 is 0. The Balaban J connectivity index is 2.27. The summed E-state index contributed by atoms with van der Waals surface area (Å²) in [5.74, 6) is -0.580. The smallest absolute Gasteiger partial charge is 0.187 e. The molecule has 3 nitrogen and oxygen atoms in total. The maximum absolute atomic E-state index is 11.3. The molecule has 2 aliphatic rings. The molecule has 0 N–H and O–H groups in total. The maximum Gasteiger partial charge on any atom is 0.187 e. The lowest BCUT2D eigenvalue weighted by atomic mass is 10.2. The van der Waals surface area contributed by atoms with Crippen molar-refractivity contribution >= 4 is 5.78 Å². The van der Waals surface area contributed by atoms with Gasteiger partial charge in [-0.25, -0.2) is 0 Å². The third kappa shape index (κ3) is 1.01. The fourth-order valence-corrected chi connectivity index (χ4v) is 1.69. The summed E-state index contributed by atoms with van der Waals surface area (Å²) in [7, 11) is 0. The molecule has 1 heterocycles. The Morgan fingerprint density at radius 1 is 1.33 bits per heavy atom. The molecule has 0 amide bonds. The molecule has 1 aliphatic heterocycles. The minimum Gasteiger partial charge on any atom is -0.340 e. The summed E-state index contributed by atoms with van der Waals surface area (Å²) < 4.78 is 11.0. The molecule has 1 saturated heterocycles. The van der Waals surface area contributed by atoms with E-state index >= 15 is 0 Å². The predicted molar refractivity (Wildman–Crippen MR) is 42.6 cm³/mol. The van der Waals surface area contributed by atoms with Gasteiger partial charge in [-0.2, -0.15) is 0 Å². The molecule has 2 atom stereocenters. The highest BCUT2D eigenvalue weighted by molar-refractivity contribution is 5.98. The third-order valence-electron chi connectivity index (χ3n) is 2.20. The van der Waals surface area contributed by atoms with Crippen molar-refractivity contribution in [3.05, 3.63) is 11.6 Å². The van der Waals surface area contributed by atoms with Crippen molar-refractivity contribution in [2.45, 2.75) is 38.8 Å². The number of carbonyl (C=O) groups excluding carboxylic acids is 1. The molecule has 0 saturated carbocycles. The van der Waals surface area contributed by atoms with Gasteiger partial charge < -0.3 is 9.47 Å². The van der Waals surface area contributed by atoms with Gasteiger partial charge in [-0.15, -0.1) is 0 Å². The molecule has 0 aromatic carbocycles. The van der Waals surface area contributed by atoms with Gasteiger partial charge in [0.15, 0.2) is 17.7 Å². The molecule has 1 aliphatic carbocycles. The largest absolute Gasteiger partial charge is 0.340 e. The van der Waals surface area contributed by atoms with Crippen molar-refractivity contribution < 1.29 is 14.3 Å². The minimum atomic E-state index is -0.611. The van der Waals surface area contributed by atoms with E-state index in [9.17, 15) is 4.79 Å². The van der Waals surface area contributed by atoms with Crippen LogP contribution in [0, 0.1) is 0 Å². The molecule has 0 aromatic rings. The van der Waals surface area contributed by atoms with E-state index < -0.39 is 5.79 Å². The minimum absolute atomic E-state index is 0.0306. The fourth-order valence-electron chi connectivity index (χ4n) is 1.69. The summed E-state index contributed by atoms with van der Waals surface area (Å²) in [6, 6.07) is 0. The highest BCUT2D eigenvalue weighted by Gasteiger charge is 2.48.